The first-order valence-corrected chi connectivity index (χ1v) is 10.2. The van der Waals surface area contributed by atoms with Crippen LogP contribution < -0.4 is 18.9 Å². The number of ether oxygens (including phenoxy) is 4. The highest BCUT2D eigenvalue weighted by Crippen LogP contribution is 2.30. The Morgan fingerprint density at radius 2 is 1.45 bits per heavy atom. The summed E-state index contributed by atoms with van der Waals surface area (Å²) in [6.07, 6.45) is 3.68. The van der Waals surface area contributed by atoms with Crippen molar-refractivity contribution in [3.8, 4) is 23.0 Å². The molecule has 0 atom stereocenters. The molecule has 2 aromatic rings. The highest BCUT2D eigenvalue weighted by molar-refractivity contribution is 5.93. The molecule has 166 valence electrons. The maximum absolute atomic E-state index is 13.1. The topological polar surface area (TPSA) is 71.1 Å². The summed E-state index contributed by atoms with van der Waals surface area (Å²) in [7, 11) is 0. The van der Waals surface area contributed by atoms with Gasteiger partial charge in [0.25, 0.3) is 0 Å². The minimum Gasteiger partial charge on any atom is -0.494 e. The van der Waals surface area contributed by atoms with Crippen molar-refractivity contribution in [2.24, 2.45) is 0 Å². The number of halogens is 1. The Hall–Kier alpha value is -3.35. The van der Waals surface area contributed by atoms with Crippen LogP contribution in [0.15, 0.2) is 54.9 Å². The Morgan fingerprint density at radius 1 is 0.839 bits per heavy atom. The highest BCUT2D eigenvalue weighted by Gasteiger charge is 2.18. The van der Waals surface area contributed by atoms with Crippen molar-refractivity contribution >= 4 is 11.9 Å². The third-order valence-electron chi connectivity index (χ3n) is 4.16. The van der Waals surface area contributed by atoms with Crippen LogP contribution in [-0.2, 0) is 4.79 Å². The zero-order valence-corrected chi connectivity index (χ0v) is 17.8. The highest BCUT2D eigenvalue weighted by atomic mass is 19.1. The number of hydrogen-bond acceptors (Lipinski definition) is 6. The summed E-state index contributed by atoms with van der Waals surface area (Å²) in [6.45, 7) is 8.00. The number of benzene rings is 2. The third-order valence-corrected chi connectivity index (χ3v) is 4.16. The second kappa shape index (κ2) is 12.4. The van der Waals surface area contributed by atoms with Crippen molar-refractivity contribution in [1.29, 1.82) is 0 Å². The normalized spacial score (nSPS) is 10.3. The number of esters is 2. The molecule has 0 heterocycles. The van der Waals surface area contributed by atoms with Gasteiger partial charge in [0.2, 0.25) is 5.83 Å². The Kier molecular flexibility index (Phi) is 9.55. The minimum absolute atomic E-state index is 0.0889. The molecular weight excluding hydrogens is 403 g/mol. The average molecular weight is 430 g/mol. The number of hydrogen-bond donors (Lipinski definition) is 0. The van der Waals surface area contributed by atoms with E-state index in [-0.39, 0.29) is 17.1 Å². The molecule has 0 aliphatic carbocycles. The van der Waals surface area contributed by atoms with E-state index in [1.807, 2.05) is 6.92 Å². The van der Waals surface area contributed by atoms with E-state index >= 15 is 0 Å². The first-order chi connectivity index (χ1) is 14.9. The van der Waals surface area contributed by atoms with Crippen LogP contribution in [0.1, 0.15) is 49.9 Å². The summed E-state index contributed by atoms with van der Waals surface area (Å²) < 4.78 is 34.6. The molecule has 0 aliphatic heterocycles. The van der Waals surface area contributed by atoms with Gasteiger partial charge in [-0.2, -0.15) is 4.39 Å². The molecule has 0 saturated carbocycles. The smallest absolute Gasteiger partial charge is 0.372 e. The lowest BCUT2D eigenvalue weighted by atomic mass is 10.2. The zero-order valence-electron chi connectivity index (χ0n) is 17.8. The second-order valence-corrected chi connectivity index (χ2v) is 6.72. The van der Waals surface area contributed by atoms with Gasteiger partial charge in [-0.25, -0.2) is 9.59 Å². The van der Waals surface area contributed by atoms with Crippen LogP contribution in [0.25, 0.3) is 0 Å². The van der Waals surface area contributed by atoms with Crippen LogP contribution in [0.4, 0.5) is 4.39 Å². The maximum Gasteiger partial charge on any atom is 0.372 e. The van der Waals surface area contributed by atoms with E-state index in [4.69, 9.17) is 18.9 Å². The van der Waals surface area contributed by atoms with Gasteiger partial charge in [-0.3, -0.25) is 0 Å². The standard InChI is InChI=1S/C24H27FO6/c1-4-6-14-28-19-9-11-20(12-10-19)30-24(27)18-8-13-21(29-15-7-5-2)22(16-18)31-23(26)17(3)25/h8-13,16H,3-7,14-15H2,1-2H3. The minimum atomic E-state index is -1.26. The Bertz CT molecular complexity index is 891. The van der Waals surface area contributed by atoms with Gasteiger partial charge in [-0.1, -0.05) is 33.3 Å². The lowest BCUT2D eigenvalue weighted by Gasteiger charge is -2.13. The van der Waals surface area contributed by atoms with Crippen LogP contribution in [0.2, 0.25) is 0 Å². The van der Waals surface area contributed by atoms with Gasteiger partial charge >= 0.3 is 11.9 Å². The van der Waals surface area contributed by atoms with Gasteiger partial charge < -0.3 is 18.9 Å². The first-order valence-electron chi connectivity index (χ1n) is 10.2. The number of unbranched alkanes of at least 4 members (excludes halogenated alkanes) is 2. The second-order valence-electron chi connectivity index (χ2n) is 6.72. The van der Waals surface area contributed by atoms with Crippen molar-refractivity contribution in [3.63, 3.8) is 0 Å². The summed E-state index contributed by atoms with van der Waals surface area (Å²) in [6, 6.07) is 10.9. The molecule has 0 unspecified atom stereocenters. The summed E-state index contributed by atoms with van der Waals surface area (Å²) in [5.41, 5.74) is 0.110. The Labute approximate surface area is 181 Å². The van der Waals surface area contributed by atoms with Gasteiger partial charge in [0.1, 0.15) is 11.5 Å². The fourth-order valence-electron chi connectivity index (χ4n) is 2.42. The van der Waals surface area contributed by atoms with Crippen molar-refractivity contribution in [3.05, 3.63) is 60.4 Å². The largest absolute Gasteiger partial charge is 0.494 e. The van der Waals surface area contributed by atoms with Gasteiger partial charge in [0.05, 0.1) is 18.8 Å². The molecule has 0 bridgehead atoms. The molecule has 0 saturated heterocycles. The molecular formula is C24H27FO6. The van der Waals surface area contributed by atoms with Gasteiger partial charge in [-0.05, 0) is 55.3 Å². The number of carbonyl (C=O) groups is 2. The Balaban J connectivity index is 2.11. The van der Waals surface area contributed by atoms with Crippen LogP contribution in [0.3, 0.4) is 0 Å². The summed E-state index contributed by atoms with van der Waals surface area (Å²) in [5.74, 6) is -2.05. The lowest BCUT2D eigenvalue weighted by Crippen LogP contribution is -2.12. The van der Waals surface area contributed by atoms with Crippen molar-refractivity contribution in [2.45, 2.75) is 39.5 Å². The average Bonchev–Trinajstić information content (AvgIpc) is 2.76. The number of carbonyl (C=O) groups excluding carboxylic acids is 2. The van der Waals surface area contributed by atoms with Crippen LogP contribution >= 0.6 is 0 Å². The zero-order chi connectivity index (χ0) is 22.6. The van der Waals surface area contributed by atoms with Crippen LogP contribution in [-0.4, -0.2) is 25.2 Å². The summed E-state index contributed by atoms with van der Waals surface area (Å²) in [5, 5.41) is 0. The predicted octanol–water partition coefficient (Wildman–Crippen LogP) is 5.65. The summed E-state index contributed by atoms with van der Waals surface area (Å²) in [4.78, 5) is 24.1. The van der Waals surface area contributed by atoms with E-state index < -0.39 is 17.8 Å². The molecule has 0 N–H and O–H groups in total. The van der Waals surface area contributed by atoms with E-state index in [2.05, 4.69) is 13.5 Å². The Morgan fingerprint density at radius 3 is 2.06 bits per heavy atom. The van der Waals surface area contributed by atoms with E-state index in [0.717, 1.165) is 25.7 Å². The van der Waals surface area contributed by atoms with Gasteiger partial charge in [0, 0.05) is 0 Å². The lowest BCUT2D eigenvalue weighted by molar-refractivity contribution is -0.131. The molecule has 7 heteroatoms. The SMILES string of the molecule is C=C(F)C(=O)Oc1cc(C(=O)Oc2ccc(OCCCC)cc2)ccc1OCCCC. The fraction of sp³-hybridized carbons (Fsp3) is 0.333. The first kappa shape index (κ1) is 23.9. The molecule has 2 aromatic carbocycles. The molecule has 0 aromatic heterocycles. The van der Waals surface area contributed by atoms with Crippen molar-refractivity contribution in [2.75, 3.05) is 13.2 Å². The monoisotopic (exact) mass is 430 g/mol. The number of rotatable bonds is 12. The molecule has 2 rings (SSSR count). The third kappa shape index (κ3) is 7.77. The molecule has 0 aliphatic rings. The molecule has 0 amide bonds. The quantitative estimate of drug-likeness (QED) is 0.187. The van der Waals surface area contributed by atoms with Gasteiger partial charge in [-0.15, -0.1) is 0 Å². The van der Waals surface area contributed by atoms with Crippen molar-refractivity contribution < 1.29 is 32.9 Å². The maximum atomic E-state index is 13.1. The molecule has 0 radical (unpaired) electrons. The molecule has 0 spiro atoms. The van der Waals surface area contributed by atoms with E-state index in [9.17, 15) is 14.0 Å². The summed E-state index contributed by atoms with van der Waals surface area (Å²) >= 11 is 0. The van der Waals surface area contributed by atoms with E-state index in [1.165, 1.54) is 18.2 Å². The van der Waals surface area contributed by atoms with E-state index in [1.54, 1.807) is 24.3 Å². The van der Waals surface area contributed by atoms with Crippen LogP contribution in [0, 0.1) is 0 Å². The fourth-order valence-corrected chi connectivity index (χ4v) is 2.42. The van der Waals surface area contributed by atoms with Crippen molar-refractivity contribution in [1.82, 2.24) is 0 Å². The van der Waals surface area contributed by atoms with Gasteiger partial charge in [0.15, 0.2) is 11.5 Å². The molecule has 0 fully saturated rings. The molecule has 6 nitrogen and oxygen atoms in total. The molecule has 31 heavy (non-hydrogen) atoms. The van der Waals surface area contributed by atoms with E-state index in [0.29, 0.717) is 24.7 Å². The predicted molar refractivity (Wildman–Crippen MR) is 115 cm³/mol. The van der Waals surface area contributed by atoms with Crippen LogP contribution in [0.5, 0.6) is 23.0 Å².